The maximum absolute atomic E-state index is 12.7. The Hall–Kier alpha value is -2.91. The highest BCUT2D eigenvalue weighted by molar-refractivity contribution is 7.87. The zero-order valence-electron chi connectivity index (χ0n) is 19.9. The molecule has 33 heavy (non-hydrogen) atoms. The van der Waals surface area contributed by atoms with E-state index in [1.54, 1.807) is 23.1 Å². The molecule has 2 rings (SSSR count). The van der Waals surface area contributed by atoms with Crippen LogP contribution >= 0.6 is 0 Å². The Labute approximate surface area is 196 Å². The number of anilines is 1. The van der Waals surface area contributed by atoms with Crippen molar-refractivity contribution in [1.82, 2.24) is 9.80 Å². The summed E-state index contributed by atoms with van der Waals surface area (Å²) in [7, 11) is -0.154. The first-order chi connectivity index (χ1) is 15.5. The first kappa shape index (κ1) is 26.3. The van der Waals surface area contributed by atoms with E-state index in [9.17, 15) is 18.0 Å². The first-order valence-corrected chi connectivity index (χ1v) is 12.2. The van der Waals surface area contributed by atoms with Crippen LogP contribution in [0.15, 0.2) is 53.4 Å². The molecule has 0 spiro atoms. The molecule has 2 aromatic rings. The zero-order valence-corrected chi connectivity index (χ0v) is 20.7. The van der Waals surface area contributed by atoms with Crippen LogP contribution in [0.2, 0.25) is 0 Å². The summed E-state index contributed by atoms with van der Waals surface area (Å²) >= 11 is 0. The van der Waals surface area contributed by atoms with Crippen LogP contribution < -0.4 is 9.50 Å². The molecule has 0 aliphatic heterocycles. The van der Waals surface area contributed by atoms with Crippen LogP contribution in [0.4, 0.5) is 5.69 Å². The van der Waals surface area contributed by atoms with Gasteiger partial charge < -0.3 is 19.3 Å². The normalized spacial score (nSPS) is 11.5. The minimum atomic E-state index is -4.06. The predicted molar refractivity (Wildman–Crippen MR) is 128 cm³/mol. The average molecular weight is 476 g/mol. The Balaban J connectivity index is 2.16. The van der Waals surface area contributed by atoms with E-state index in [1.165, 1.54) is 31.2 Å². The lowest BCUT2D eigenvalue weighted by Crippen LogP contribution is -2.36. The molecule has 1 N–H and O–H groups in total. The van der Waals surface area contributed by atoms with Gasteiger partial charge in [0.05, 0.1) is 0 Å². The monoisotopic (exact) mass is 475 g/mol. The van der Waals surface area contributed by atoms with Crippen molar-refractivity contribution in [2.24, 2.45) is 5.92 Å². The molecule has 0 bridgehead atoms. The number of benzene rings is 2. The van der Waals surface area contributed by atoms with E-state index in [-0.39, 0.29) is 28.4 Å². The Morgan fingerprint density at radius 1 is 1.03 bits per heavy atom. The van der Waals surface area contributed by atoms with Gasteiger partial charge in [-0.1, -0.05) is 26.0 Å². The molecule has 0 heterocycles. The summed E-state index contributed by atoms with van der Waals surface area (Å²) in [5.41, 5.74) is 1.27. The number of hydrogen-bond donors (Lipinski definition) is 1. The van der Waals surface area contributed by atoms with Crippen LogP contribution in [-0.2, 0) is 26.3 Å². The fraction of sp³-hybridized carbons (Fsp3) is 0.417. The number of carbonyl (C=O) groups excluding carboxylic acids is 2. The maximum Gasteiger partial charge on any atom is 0.339 e. The van der Waals surface area contributed by atoms with Gasteiger partial charge in [0.25, 0.3) is 0 Å². The second kappa shape index (κ2) is 11.8. The van der Waals surface area contributed by atoms with Gasteiger partial charge in [-0.15, -0.1) is 0 Å². The highest BCUT2D eigenvalue weighted by atomic mass is 32.2. The molecule has 180 valence electrons. The Kier molecular flexibility index (Phi) is 9.43. The van der Waals surface area contributed by atoms with Crippen LogP contribution in [0.3, 0.4) is 0 Å². The summed E-state index contributed by atoms with van der Waals surface area (Å²) in [5, 5.41) is 2.59. The lowest BCUT2D eigenvalue weighted by Gasteiger charge is -2.25. The van der Waals surface area contributed by atoms with E-state index >= 15 is 0 Å². The fourth-order valence-electron chi connectivity index (χ4n) is 3.09. The molecule has 8 nitrogen and oxygen atoms in total. The SMILES string of the molecule is CC(=O)Nc1ccc(S(=O)(=O)Oc2cccc(CN(CCN(C)C)C(=O)CC(C)C)c2)cc1. The molecule has 2 aromatic carbocycles. The molecule has 0 aromatic heterocycles. The molecular weight excluding hydrogens is 442 g/mol. The molecule has 0 saturated carbocycles. The van der Waals surface area contributed by atoms with Gasteiger partial charge in [-0.25, -0.2) is 0 Å². The van der Waals surface area contributed by atoms with Crippen molar-refractivity contribution in [3.05, 3.63) is 54.1 Å². The van der Waals surface area contributed by atoms with Crippen LogP contribution in [0.1, 0.15) is 32.8 Å². The molecule has 9 heteroatoms. The fourth-order valence-corrected chi connectivity index (χ4v) is 4.01. The van der Waals surface area contributed by atoms with Crippen molar-refractivity contribution in [2.75, 3.05) is 32.5 Å². The molecule has 2 amide bonds. The third-order valence-corrected chi connectivity index (χ3v) is 5.96. The van der Waals surface area contributed by atoms with E-state index in [1.807, 2.05) is 38.9 Å². The standard InChI is InChI=1S/C24H33N3O5S/c1-18(2)15-24(29)27(14-13-26(4)5)17-20-7-6-8-22(16-20)32-33(30,31)23-11-9-21(10-12-23)25-19(3)28/h6-12,16,18H,13-15,17H2,1-5H3,(H,25,28). The first-order valence-electron chi connectivity index (χ1n) is 10.8. The third-order valence-electron chi connectivity index (χ3n) is 4.69. The highest BCUT2D eigenvalue weighted by Crippen LogP contribution is 2.22. The molecule has 0 aliphatic rings. The number of likely N-dealkylation sites (N-methyl/N-ethyl adjacent to an activating group) is 1. The summed E-state index contributed by atoms with van der Waals surface area (Å²) < 4.78 is 30.7. The zero-order chi connectivity index (χ0) is 24.6. The molecule has 0 aliphatic carbocycles. The Bertz CT molecular complexity index is 1050. The quantitative estimate of drug-likeness (QED) is 0.501. The topological polar surface area (TPSA) is 96.0 Å². The molecule has 0 radical (unpaired) electrons. The van der Waals surface area contributed by atoms with Crippen molar-refractivity contribution in [2.45, 2.75) is 38.6 Å². The van der Waals surface area contributed by atoms with Gasteiger partial charge >= 0.3 is 10.1 Å². The minimum absolute atomic E-state index is 0.0262. The van der Waals surface area contributed by atoms with Gasteiger partial charge in [-0.3, -0.25) is 9.59 Å². The Morgan fingerprint density at radius 2 is 1.70 bits per heavy atom. The number of hydrogen-bond acceptors (Lipinski definition) is 6. The number of nitrogens with one attached hydrogen (secondary N) is 1. The van der Waals surface area contributed by atoms with Gasteiger partial charge in [0, 0.05) is 38.7 Å². The summed E-state index contributed by atoms with van der Waals surface area (Å²) in [6, 6.07) is 12.5. The van der Waals surface area contributed by atoms with Gasteiger partial charge in [0.15, 0.2) is 0 Å². The predicted octanol–water partition coefficient (Wildman–Crippen LogP) is 3.35. The van der Waals surface area contributed by atoms with Crippen LogP contribution in [0.5, 0.6) is 5.75 Å². The van der Waals surface area contributed by atoms with Crippen LogP contribution in [0, 0.1) is 5.92 Å². The van der Waals surface area contributed by atoms with Crippen LogP contribution in [-0.4, -0.2) is 57.2 Å². The van der Waals surface area contributed by atoms with Gasteiger partial charge in [-0.2, -0.15) is 8.42 Å². The lowest BCUT2D eigenvalue weighted by atomic mass is 10.1. The summed E-state index contributed by atoms with van der Waals surface area (Å²) in [4.78, 5) is 27.6. The Morgan fingerprint density at radius 3 is 2.27 bits per heavy atom. The second-order valence-corrected chi connectivity index (χ2v) is 10.2. The van der Waals surface area contributed by atoms with Gasteiger partial charge in [0.2, 0.25) is 11.8 Å². The smallest absolute Gasteiger partial charge is 0.339 e. The number of amides is 2. The molecule has 0 fully saturated rings. The van der Waals surface area contributed by atoms with Crippen molar-refractivity contribution in [1.29, 1.82) is 0 Å². The van der Waals surface area contributed by atoms with E-state index in [0.717, 1.165) is 12.1 Å². The largest absolute Gasteiger partial charge is 0.379 e. The van der Waals surface area contributed by atoms with E-state index in [0.29, 0.717) is 25.2 Å². The van der Waals surface area contributed by atoms with E-state index in [2.05, 4.69) is 5.32 Å². The van der Waals surface area contributed by atoms with E-state index in [4.69, 9.17) is 4.18 Å². The minimum Gasteiger partial charge on any atom is -0.379 e. The third kappa shape index (κ3) is 8.86. The number of nitrogens with zero attached hydrogens (tertiary/aromatic N) is 2. The van der Waals surface area contributed by atoms with Crippen molar-refractivity contribution < 1.29 is 22.2 Å². The van der Waals surface area contributed by atoms with E-state index < -0.39 is 10.1 Å². The van der Waals surface area contributed by atoms with Crippen LogP contribution in [0.25, 0.3) is 0 Å². The average Bonchev–Trinajstić information content (AvgIpc) is 2.70. The summed E-state index contributed by atoms with van der Waals surface area (Å²) in [6.07, 6.45) is 0.451. The molecular formula is C24H33N3O5S. The molecule has 0 atom stereocenters. The summed E-state index contributed by atoms with van der Waals surface area (Å²) in [6.45, 7) is 7.04. The number of carbonyl (C=O) groups is 2. The lowest BCUT2D eigenvalue weighted by molar-refractivity contribution is -0.132. The van der Waals surface area contributed by atoms with Crippen molar-refractivity contribution >= 4 is 27.6 Å². The highest BCUT2D eigenvalue weighted by Gasteiger charge is 2.19. The summed E-state index contributed by atoms with van der Waals surface area (Å²) in [5.74, 6) is 0.230. The number of rotatable bonds is 11. The molecule has 0 unspecified atom stereocenters. The van der Waals surface area contributed by atoms with Gasteiger partial charge in [-0.05, 0) is 62.0 Å². The second-order valence-electron chi connectivity index (χ2n) is 8.61. The maximum atomic E-state index is 12.7. The van der Waals surface area contributed by atoms with Gasteiger partial charge in [0.1, 0.15) is 10.6 Å². The van der Waals surface area contributed by atoms with Crippen molar-refractivity contribution in [3.8, 4) is 5.75 Å². The van der Waals surface area contributed by atoms with Crippen molar-refractivity contribution in [3.63, 3.8) is 0 Å². The molecule has 0 saturated heterocycles.